The fraction of sp³-hybridized carbons (Fsp3) is 0.850. The molecular weight excluding hydrogens is 481 g/mol. The van der Waals surface area contributed by atoms with Crippen molar-refractivity contribution >= 4 is 29.9 Å². The zero-order chi connectivity index (χ0) is 19.2. The lowest BCUT2D eigenvalue weighted by molar-refractivity contribution is 0.0195. The third kappa shape index (κ3) is 5.81. The molecule has 3 aliphatic rings. The average Bonchev–Trinajstić information content (AvgIpc) is 3.30. The van der Waals surface area contributed by atoms with Gasteiger partial charge in [0.2, 0.25) is 0 Å². The first-order chi connectivity index (χ1) is 13.8. The molecule has 9 heteroatoms. The Kier molecular flexibility index (Phi) is 8.98. The molecule has 0 bridgehead atoms. The normalized spacial score (nSPS) is 23.4. The summed E-state index contributed by atoms with van der Waals surface area (Å²) in [5.74, 6) is 3.31. The van der Waals surface area contributed by atoms with Crippen LogP contribution in [0, 0.1) is 0 Å². The number of morpholine rings is 1. The van der Waals surface area contributed by atoms with Gasteiger partial charge in [0.15, 0.2) is 5.96 Å². The molecule has 164 valence electrons. The summed E-state index contributed by atoms with van der Waals surface area (Å²) in [5, 5.41) is 12.3. The Bertz CT molecular complexity index is 659. The van der Waals surface area contributed by atoms with Gasteiger partial charge in [0, 0.05) is 64.7 Å². The average molecular weight is 517 g/mol. The molecule has 1 unspecified atom stereocenters. The van der Waals surface area contributed by atoms with E-state index in [9.17, 15) is 0 Å². The van der Waals surface area contributed by atoms with Crippen molar-refractivity contribution in [3.8, 4) is 0 Å². The molecular formula is C20H36IN7O. The first-order valence-corrected chi connectivity index (χ1v) is 11.1. The molecule has 0 spiro atoms. The van der Waals surface area contributed by atoms with Crippen LogP contribution in [0.2, 0.25) is 0 Å². The fourth-order valence-electron chi connectivity index (χ4n) is 4.59. The first kappa shape index (κ1) is 22.7. The van der Waals surface area contributed by atoms with E-state index >= 15 is 0 Å². The maximum atomic E-state index is 5.50. The molecule has 0 aromatic carbocycles. The van der Waals surface area contributed by atoms with E-state index in [1.165, 1.54) is 25.7 Å². The molecule has 1 aromatic rings. The van der Waals surface area contributed by atoms with E-state index in [0.717, 1.165) is 89.5 Å². The number of rotatable bonds is 5. The molecule has 0 amide bonds. The second kappa shape index (κ2) is 11.5. The van der Waals surface area contributed by atoms with Crippen LogP contribution >= 0.6 is 24.0 Å². The zero-order valence-corrected chi connectivity index (χ0v) is 20.0. The van der Waals surface area contributed by atoms with Gasteiger partial charge < -0.3 is 19.5 Å². The number of aromatic nitrogens is 3. The van der Waals surface area contributed by atoms with E-state index < -0.39 is 0 Å². The molecule has 0 radical (unpaired) electrons. The lowest BCUT2D eigenvalue weighted by Gasteiger charge is -2.32. The third-order valence-electron chi connectivity index (χ3n) is 6.14. The minimum Gasteiger partial charge on any atom is -0.379 e. The predicted molar refractivity (Wildman–Crippen MR) is 125 cm³/mol. The maximum absolute atomic E-state index is 5.50. The number of hydrogen-bond acceptors (Lipinski definition) is 5. The van der Waals surface area contributed by atoms with E-state index in [4.69, 9.17) is 9.73 Å². The Hall–Kier alpha value is -0.940. The Labute approximate surface area is 191 Å². The molecule has 2 fully saturated rings. The van der Waals surface area contributed by atoms with Gasteiger partial charge in [-0.1, -0.05) is 6.42 Å². The summed E-state index contributed by atoms with van der Waals surface area (Å²) >= 11 is 0. The summed E-state index contributed by atoms with van der Waals surface area (Å²) in [6.07, 6.45) is 6.91. The molecule has 1 aromatic heterocycles. The standard InChI is InChI=1S/C20H35N7O.HI/c1-2-21-20(26-11-8-17(16-26)25-12-14-28-15-13-25)22-9-7-19-24-23-18-6-4-3-5-10-27(18)19;/h17H,2-16H2,1H3,(H,21,22);1H. The highest BCUT2D eigenvalue weighted by molar-refractivity contribution is 14.0. The van der Waals surface area contributed by atoms with Crippen molar-refractivity contribution in [2.45, 2.75) is 58.0 Å². The van der Waals surface area contributed by atoms with Gasteiger partial charge in [0.1, 0.15) is 11.6 Å². The van der Waals surface area contributed by atoms with Crippen molar-refractivity contribution in [3.63, 3.8) is 0 Å². The van der Waals surface area contributed by atoms with Gasteiger partial charge in [-0.3, -0.25) is 9.89 Å². The second-order valence-electron chi connectivity index (χ2n) is 8.02. The van der Waals surface area contributed by atoms with Crippen molar-refractivity contribution < 1.29 is 4.74 Å². The molecule has 8 nitrogen and oxygen atoms in total. The Morgan fingerprint density at radius 2 is 2.00 bits per heavy atom. The largest absolute Gasteiger partial charge is 0.379 e. The number of nitrogens with zero attached hydrogens (tertiary/aromatic N) is 6. The van der Waals surface area contributed by atoms with Crippen LogP contribution < -0.4 is 5.32 Å². The van der Waals surface area contributed by atoms with Gasteiger partial charge in [-0.2, -0.15) is 0 Å². The molecule has 4 rings (SSSR count). The minimum atomic E-state index is 0. The number of aryl methyl sites for hydroxylation is 1. The van der Waals surface area contributed by atoms with Crippen LogP contribution in [0.3, 0.4) is 0 Å². The summed E-state index contributed by atoms with van der Waals surface area (Å²) in [6, 6.07) is 0.625. The molecule has 1 atom stereocenters. The summed E-state index contributed by atoms with van der Waals surface area (Å²) in [5.41, 5.74) is 0. The van der Waals surface area contributed by atoms with E-state index in [1.54, 1.807) is 0 Å². The lowest BCUT2D eigenvalue weighted by Crippen LogP contribution is -2.46. The number of aliphatic imine (C=N–C) groups is 1. The van der Waals surface area contributed by atoms with Gasteiger partial charge in [0.25, 0.3) is 0 Å². The van der Waals surface area contributed by atoms with Crippen molar-refractivity contribution in [1.82, 2.24) is 29.9 Å². The van der Waals surface area contributed by atoms with Gasteiger partial charge >= 0.3 is 0 Å². The predicted octanol–water partition coefficient (Wildman–Crippen LogP) is 1.54. The monoisotopic (exact) mass is 517 g/mol. The van der Waals surface area contributed by atoms with Crippen molar-refractivity contribution in [1.29, 1.82) is 0 Å². The Morgan fingerprint density at radius 1 is 1.14 bits per heavy atom. The quantitative estimate of drug-likeness (QED) is 0.363. The fourth-order valence-corrected chi connectivity index (χ4v) is 4.59. The number of likely N-dealkylation sites (tertiary alicyclic amines) is 1. The molecule has 29 heavy (non-hydrogen) atoms. The smallest absolute Gasteiger partial charge is 0.193 e. The minimum absolute atomic E-state index is 0. The van der Waals surface area contributed by atoms with Gasteiger partial charge in [-0.15, -0.1) is 34.2 Å². The summed E-state index contributed by atoms with van der Waals surface area (Å²) in [4.78, 5) is 9.94. The van der Waals surface area contributed by atoms with Gasteiger partial charge in [-0.05, 0) is 26.2 Å². The number of fused-ring (bicyclic) bond motifs is 1. The van der Waals surface area contributed by atoms with Gasteiger partial charge in [0.05, 0.1) is 13.2 Å². The summed E-state index contributed by atoms with van der Waals surface area (Å²) in [7, 11) is 0. The number of halogens is 1. The highest BCUT2D eigenvalue weighted by Gasteiger charge is 2.30. The van der Waals surface area contributed by atoms with Crippen molar-refractivity contribution in [2.75, 3.05) is 52.5 Å². The van der Waals surface area contributed by atoms with E-state index in [0.29, 0.717) is 6.04 Å². The summed E-state index contributed by atoms with van der Waals surface area (Å²) in [6.45, 7) is 10.9. The van der Waals surface area contributed by atoms with E-state index in [2.05, 4.69) is 36.8 Å². The van der Waals surface area contributed by atoms with Crippen LogP contribution in [0.5, 0.6) is 0 Å². The first-order valence-electron chi connectivity index (χ1n) is 11.1. The molecule has 4 heterocycles. The summed E-state index contributed by atoms with van der Waals surface area (Å²) < 4.78 is 7.84. The van der Waals surface area contributed by atoms with Gasteiger partial charge in [-0.25, -0.2) is 0 Å². The SMILES string of the molecule is CCNC(=NCCc1nnc2n1CCCCC2)N1CCC(N2CCOCC2)C1.I. The number of nitrogens with one attached hydrogen (secondary N) is 1. The lowest BCUT2D eigenvalue weighted by atomic mass is 10.2. The van der Waals surface area contributed by atoms with Crippen LogP contribution in [0.1, 0.15) is 44.3 Å². The Balaban J connectivity index is 0.00000240. The number of guanidine groups is 1. The van der Waals surface area contributed by atoms with Crippen LogP contribution in [0.25, 0.3) is 0 Å². The Morgan fingerprint density at radius 3 is 2.83 bits per heavy atom. The highest BCUT2D eigenvalue weighted by Crippen LogP contribution is 2.18. The molecule has 0 saturated carbocycles. The van der Waals surface area contributed by atoms with Crippen LogP contribution in [0.4, 0.5) is 0 Å². The molecule has 3 aliphatic heterocycles. The van der Waals surface area contributed by atoms with Crippen molar-refractivity contribution in [3.05, 3.63) is 11.6 Å². The van der Waals surface area contributed by atoms with Crippen LogP contribution in [0.15, 0.2) is 4.99 Å². The van der Waals surface area contributed by atoms with Crippen molar-refractivity contribution in [2.24, 2.45) is 4.99 Å². The molecule has 2 saturated heterocycles. The molecule has 0 aliphatic carbocycles. The van der Waals surface area contributed by atoms with Crippen LogP contribution in [-0.4, -0.2) is 89.0 Å². The second-order valence-corrected chi connectivity index (χ2v) is 8.02. The molecule has 1 N–H and O–H groups in total. The number of ether oxygens (including phenoxy) is 1. The van der Waals surface area contributed by atoms with E-state index in [1.807, 2.05) is 0 Å². The maximum Gasteiger partial charge on any atom is 0.193 e. The number of hydrogen-bond donors (Lipinski definition) is 1. The van der Waals surface area contributed by atoms with E-state index in [-0.39, 0.29) is 24.0 Å². The topological polar surface area (TPSA) is 70.8 Å². The third-order valence-corrected chi connectivity index (χ3v) is 6.14. The zero-order valence-electron chi connectivity index (χ0n) is 17.7. The van der Waals surface area contributed by atoms with Crippen LogP contribution in [-0.2, 0) is 24.1 Å². The highest BCUT2D eigenvalue weighted by atomic mass is 127.